The summed E-state index contributed by atoms with van der Waals surface area (Å²) in [6.45, 7) is 1.22. The predicted octanol–water partition coefficient (Wildman–Crippen LogP) is 6.01. The topological polar surface area (TPSA) is 58.1 Å². The molecule has 0 radical (unpaired) electrons. The highest BCUT2D eigenvalue weighted by atomic mass is 35.5. The molecule has 0 unspecified atom stereocenters. The van der Waals surface area contributed by atoms with Crippen molar-refractivity contribution >= 4 is 34.2 Å². The second-order valence-electron chi connectivity index (χ2n) is 9.34. The van der Waals surface area contributed by atoms with Gasteiger partial charge in [0.15, 0.2) is 0 Å². The van der Waals surface area contributed by atoms with Crippen LogP contribution in [0.25, 0.3) is 10.9 Å². The second-order valence-corrected chi connectivity index (χ2v) is 9.78. The van der Waals surface area contributed by atoms with Crippen LogP contribution >= 0.6 is 11.6 Å². The van der Waals surface area contributed by atoms with Crippen molar-refractivity contribution in [2.75, 3.05) is 11.4 Å². The van der Waals surface area contributed by atoms with Crippen LogP contribution in [0.2, 0.25) is 5.02 Å². The Bertz CT molecular complexity index is 1110. The monoisotopic (exact) mass is 462 g/mol. The fraction of sp³-hybridized carbons (Fsp3) is 0.444. The van der Waals surface area contributed by atoms with Crippen LogP contribution in [0.5, 0.6) is 0 Å². The van der Waals surface area contributed by atoms with Gasteiger partial charge in [-0.05, 0) is 49.4 Å². The molecule has 2 aliphatic carbocycles. The lowest BCUT2D eigenvalue weighted by molar-refractivity contribution is -0.121. The largest absolute Gasteiger partial charge is 0.352 e. The van der Waals surface area contributed by atoms with Crippen molar-refractivity contribution in [3.8, 4) is 0 Å². The number of hydrogen-bond acceptors (Lipinski definition) is 4. The minimum absolute atomic E-state index is 0.0727. The van der Waals surface area contributed by atoms with Gasteiger partial charge in [0, 0.05) is 41.9 Å². The molecular weight excluding hydrogens is 432 g/mol. The van der Waals surface area contributed by atoms with Gasteiger partial charge in [-0.2, -0.15) is 0 Å². The third kappa shape index (κ3) is 5.47. The van der Waals surface area contributed by atoms with Gasteiger partial charge >= 0.3 is 0 Å². The summed E-state index contributed by atoms with van der Waals surface area (Å²) in [5.74, 6) is 2.42. The fourth-order valence-electron chi connectivity index (χ4n) is 4.81. The summed E-state index contributed by atoms with van der Waals surface area (Å²) in [5, 5.41) is 4.80. The highest BCUT2D eigenvalue weighted by Gasteiger charge is 2.30. The van der Waals surface area contributed by atoms with Crippen LogP contribution < -0.4 is 10.2 Å². The van der Waals surface area contributed by atoms with Crippen molar-refractivity contribution in [3.63, 3.8) is 0 Å². The molecular formula is C27H31ClN4O. The minimum atomic E-state index is 0.0727. The van der Waals surface area contributed by atoms with E-state index >= 15 is 0 Å². The predicted molar refractivity (Wildman–Crippen MR) is 134 cm³/mol. The summed E-state index contributed by atoms with van der Waals surface area (Å²) in [7, 11) is 0. The van der Waals surface area contributed by atoms with E-state index in [0.29, 0.717) is 36.5 Å². The van der Waals surface area contributed by atoms with E-state index in [4.69, 9.17) is 21.6 Å². The molecule has 2 fully saturated rings. The summed E-state index contributed by atoms with van der Waals surface area (Å²) in [6, 6.07) is 16.3. The number of hydrogen-bond donors (Lipinski definition) is 1. The number of aromatic nitrogens is 2. The number of nitrogens with one attached hydrogen (secondary N) is 1. The first-order valence-corrected chi connectivity index (χ1v) is 12.6. The van der Waals surface area contributed by atoms with Crippen LogP contribution in [0.15, 0.2) is 48.5 Å². The Kier molecular flexibility index (Phi) is 6.77. The van der Waals surface area contributed by atoms with Gasteiger partial charge in [-0.25, -0.2) is 9.97 Å². The maximum Gasteiger partial charge on any atom is 0.222 e. The minimum Gasteiger partial charge on any atom is -0.352 e. The Morgan fingerprint density at radius 1 is 1.00 bits per heavy atom. The van der Waals surface area contributed by atoms with E-state index in [1.165, 1.54) is 19.3 Å². The van der Waals surface area contributed by atoms with Gasteiger partial charge in [-0.3, -0.25) is 4.79 Å². The first-order chi connectivity index (χ1) is 16.2. The zero-order valence-corrected chi connectivity index (χ0v) is 19.7. The molecule has 1 aromatic heterocycles. The van der Waals surface area contributed by atoms with E-state index in [2.05, 4.69) is 10.2 Å². The van der Waals surface area contributed by atoms with Gasteiger partial charge in [0.2, 0.25) is 5.91 Å². The van der Waals surface area contributed by atoms with E-state index in [1.807, 2.05) is 48.5 Å². The van der Waals surface area contributed by atoms with Gasteiger partial charge in [-0.15, -0.1) is 0 Å². The van der Waals surface area contributed by atoms with Crippen LogP contribution in [0.3, 0.4) is 0 Å². The van der Waals surface area contributed by atoms with Crippen molar-refractivity contribution < 1.29 is 4.79 Å². The van der Waals surface area contributed by atoms with E-state index in [0.717, 1.165) is 53.8 Å². The third-order valence-corrected chi connectivity index (χ3v) is 7.03. The average molecular weight is 463 g/mol. The average Bonchev–Trinajstić information content (AvgIpc) is 3.69. The molecule has 0 saturated heterocycles. The number of rotatable bonds is 8. The van der Waals surface area contributed by atoms with Gasteiger partial charge in [0.1, 0.15) is 11.6 Å². The zero-order valence-electron chi connectivity index (χ0n) is 19.0. The number of carbonyl (C=O) groups excluding carboxylic acids is 1. The molecule has 2 aromatic carbocycles. The lowest BCUT2D eigenvalue weighted by atomic mass is 9.93. The molecule has 0 atom stereocenters. The smallest absolute Gasteiger partial charge is 0.222 e. The number of carbonyl (C=O) groups is 1. The Labute approximate surface area is 200 Å². The zero-order chi connectivity index (χ0) is 22.6. The Morgan fingerprint density at radius 2 is 1.79 bits per heavy atom. The number of anilines is 1. The molecule has 1 N–H and O–H groups in total. The van der Waals surface area contributed by atoms with Crippen LogP contribution in [0, 0.1) is 0 Å². The van der Waals surface area contributed by atoms with Crippen LogP contribution in [0.1, 0.15) is 68.7 Å². The lowest BCUT2D eigenvalue weighted by Crippen LogP contribution is -2.40. The van der Waals surface area contributed by atoms with Crippen molar-refractivity contribution in [1.82, 2.24) is 15.3 Å². The maximum atomic E-state index is 12.7. The van der Waals surface area contributed by atoms with Gasteiger partial charge in [0.25, 0.3) is 0 Å². The fourth-order valence-corrected chi connectivity index (χ4v) is 4.97. The molecule has 3 aromatic rings. The van der Waals surface area contributed by atoms with Gasteiger partial charge in [0.05, 0.1) is 5.52 Å². The molecule has 0 bridgehead atoms. The summed E-state index contributed by atoms with van der Waals surface area (Å²) < 4.78 is 0. The quantitative estimate of drug-likeness (QED) is 0.445. The summed E-state index contributed by atoms with van der Waals surface area (Å²) in [4.78, 5) is 25.1. The summed E-state index contributed by atoms with van der Waals surface area (Å²) in [5.41, 5.74) is 2.02. The normalized spacial score (nSPS) is 16.6. The number of halogens is 1. The van der Waals surface area contributed by atoms with Crippen LogP contribution in [-0.2, 0) is 11.3 Å². The van der Waals surface area contributed by atoms with E-state index < -0.39 is 0 Å². The van der Waals surface area contributed by atoms with E-state index in [9.17, 15) is 4.79 Å². The van der Waals surface area contributed by atoms with Crippen LogP contribution in [-0.4, -0.2) is 28.5 Å². The molecule has 6 heteroatoms. The standard InChI is InChI=1S/C27H31ClN4O/c28-21-13-14-23-24(17-21)30-26(20-11-12-20)31-27(23)32(22-9-5-2-6-10-22)16-15-25(33)29-18-19-7-3-1-4-8-19/h1,3-4,7-8,13-14,17,20,22H,2,5-6,9-12,15-16,18H2,(H,29,33). The van der Waals surface area contributed by atoms with E-state index in [1.54, 1.807) is 0 Å². The van der Waals surface area contributed by atoms with Crippen LogP contribution in [0.4, 0.5) is 5.82 Å². The molecule has 1 amide bonds. The number of fused-ring (bicyclic) bond motifs is 1. The molecule has 33 heavy (non-hydrogen) atoms. The van der Waals surface area contributed by atoms with Gasteiger partial charge in [-0.1, -0.05) is 61.2 Å². The van der Waals surface area contributed by atoms with Crippen molar-refractivity contribution in [2.24, 2.45) is 0 Å². The molecule has 5 nitrogen and oxygen atoms in total. The maximum absolute atomic E-state index is 12.7. The molecule has 172 valence electrons. The summed E-state index contributed by atoms with van der Waals surface area (Å²) in [6.07, 6.45) is 8.77. The van der Waals surface area contributed by atoms with Crippen molar-refractivity contribution in [1.29, 1.82) is 0 Å². The second kappa shape index (κ2) is 10.1. The highest BCUT2D eigenvalue weighted by molar-refractivity contribution is 6.31. The molecule has 0 spiro atoms. The first kappa shape index (κ1) is 22.1. The Hall–Kier alpha value is -2.66. The van der Waals surface area contributed by atoms with E-state index in [-0.39, 0.29) is 5.91 Å². The highest BCUT2D eigenvalue weighted by Crippen LogP contribution is 2.41. The van der Waals surface area contributed by atoms with Crippen molar-refractivity contribution in [2.45, 2.75) is 69.9 Å². The summed E-state index contributed by atoms with van der Waals surface area (Å²) >= 11 is 6.31. The lowest BCUT2D eigenvalue weighted by Gasteiger charge is -2.36. The SMILES string of the molecule is O=C(CCN(c1nc(C2CC2)nc2cc(Cl)ccc12)C1CCCCC1)NCc1ccccc1. The molecule has 2 aliphatic rings. The molecule has 0 aliphatic heterocycles. The van der Waals surface area contributed by atoms with Crippen molar-refractivity contribution in [3.05, 3.63) is 64.9 Å². The first-order valence-electron chi connectivity index (χ1n) is 12.2. The number of benzene rings is 2. The van der Waals surface area contributed by atoms with Gasteiger partial charge < -0.3 is 10.2 Å². The Balaban J connectivity index is 1.39. The third-order valence-electron chi connectivity index (χ3n) is 6.80. The molecule has 2 saturated carbocycles. The molecule has 5 rings (SSSR count). The number of amides is 1. The number of nitrogens with zero attached hydrogens (tertiary/aromatic N) is 3. The molecule has 1 heterocycles. The Morgan fingerprint density at radius 3 is 2.55 bits per heavy atom.